The average molecular weight is 764 g/mol. The molecule has 0 spiro atoms. The summed E-state index contributed by atoms with van der Waals surface area (Å²) in [5.41, 5.74) is 6.33. The number of fused-ring (bicyclic) bond motifs is 3. The van der Waals surface area contributed by atoms with Gasteiger partial charge in [0.15, 0.2) is 5.82 Å². The van der Waals surface area contributed by atoms with Crippen molar-refractivity contribution in [3.8, 4) is 33.9 Å². The third kappa shape index (κ3) is 6.28. The van der Waals surface area contributed by atoms with E-state index in [4.69, 9.17) is 9.97 Å². The van der Waals surface area contributed by atoms with Crippen molar-refractivity contribution >= 4 is 40.8 Å². The van der Waals surface area contributed by atoms with E-state index in [9.17, 15) is 24.0 Å². The first-order valence-electron chi connectivity index (χ1n) is 18.8. The Hall–Kier alpha value is -7.10. The number of hydrogen-bond acceptors (Lipinski definition) is 10. The van der Waals surface area contributed by atoms with Crippen LogP contribution in [0.4, 0.5) is 0 Å². The first-order chi connectivity index (χ1) is 27.7. The lowest BCUT2D eigenvalue weighted by molar-refractivity contribution is -0.137. The van der Waals surface area contributed by atoms with Gasteiger partial charge in [0.05, 0.1) is 30.2 Å². The van der Waals surface area contributed by atoms with Gasteiger partial charge in [-0.1, -0.05) is 37.3 Å². The van der Waals surface area contributed by atoms with Gasteiger partial charge < -0.3 is 19.7 Å². The summed E-state index contributed by atoms with van der Waals surface area (Å²) >= 11 is 0. The fourth-order valence-corrected chi connectivity index (χ4v) is 7.98. The molecule has 4 aromatic heterocycles. The lowest BCUT2D eigenvalue weighted by atomic mass is 10.0. The molecule has 1 saturated heterocycles. The van der Waals surface area contributed by atoms with Crippen LogP contribution in [0.1, 0.15) is 63.5 Å². The van der Waals surface area contributed by atoms with Crippen LogP contribution in [-0.2, 0) is 54.0 Å². The van der Waals surface area contributed by atoms with E-state index in [1.54, 1.807) is 41.0 Å². The van der Waals surface area contributed by atoms with Crippen LogP contribution in [0.3, 0.4) is 0 Å². The summed E-state index contributed by atoms with van der Waals surface area (Å²) in [6.45, 7) is 4.23. The number of benzene rings is 2. The number of nitrogens with one attached hydrogen (secondary N) is 2. The maximum atomic E-state index is 13.3. The number of piperidine rings is 1. The van der Waals surface area contributed by atoms with Gasteiger partial charge in [-0.2, -0.15) is 5.10 Å². The molecule has 16 heteroatoms. The number of nitrogens with zero attached hydrogens (tertiary/aromatic N) is 9. The molecule has 6 aromatic rings. The van der Waals surface area contributed by atoms with Gasteiger partial charge in [0.25, 0.3) is 11.8 Å². The average Bonchev–Trinajstić information content (AvgIpc) is 3.91. The predicted molar refractivity (Wildman–Crippen MR) is 206 cm³/mol. The molecule has 57 heavy (non-hydrogen) atoms. The monoisotopic (exact) mass is 763 g/mol. The van der Waals surface area contributed by atoms with E-state index in [1.807, 2.05) is 42.6 Å². The van der Waals surface area contributed by atoms with Crippen LogP contribution < -0.4 is 10.6 Å². The van der Waals surface area contributed by atoms with Crippen LogP contribution in [0.15, 0.2) is 67.0 Å². The molecule has 7 heterocycles. The van der Waals surface area contributed by atoms with E-state index in [-0.39, 0.29) is 43.4 Å². The number of pyridine rings is 2. The van der Waals surface area contributed by atoms with Crippen molar-refractivity contribution in [3.05, 3.63) is 101 Å². The zero-order valence-electron chi connectivity index (χ0n) is 31.2. The molecule has 0 aliphatic carbocycles. The van der Waals surface area contributed by atoms with Crippen molar-refractivity contribution in [3.63, 3.8) is 0 Å². The highest BCUT2D eigenvalue weighted by molar-refractivity contribution is 6.06. The van der Waals surface area contributed by atoms with Crippen molar-refractivity contribution in [1.82, 2.24) is 54.7 Å². The number of carbonyl (C=O) groups is 5. The lowest BCUT2D eigenvalue weighted by Crippen LogP contribution is -2.52. The van der Waals surface area contributed by atoms with Crippen LogP contribution in [0, 0.1) is 0 Å². The predicted octanol–water partition coefficient (Wildman–Crippen LogP) is 3.18. The number of hydrogen-bond donors (Lipinski definition) is 2. The maximum Gasteiger partial charge on any atom is 0.270 e. The minimum Gasteiger partial charge on any atom is -0.343 e. The van der Waals surface area contributed by atoms with Gasteiger partial charge in [-0.25, -0.2) is 9.97 Å². The Kier molecular flexibility index (Phi) is 8.86. The highest BCUT2D eigenvalue weighted by atomic mass is 16.2. The Morgan fingerprint density at radius 1 is 0.947 bits per heavy atom. The molecule has 0 saturated carbocycles. The molecule has 3 aliphatic heterocycles. The second-order valence-electron chi connectivity index (χ2n) is 14.3. The van der Waals surface area contributed by atoms with Crippen molar-refractivity contribution in [2.75, 3.05) is 6.54 Å². The number of imide groups is 1. The van der Waals surface area contributed by atoms with Gasteiger partial charge in [-0.15, -0.1) is 0 Å². The summed E-state index contributed by atoms with van der Waals surface area (Å²) in [7, 11) is 1.72. The van der Waals surface area contributed by atoms with Gasteiger partial charge in [0.2, 0.25) is 18.2 Å². The maximum absolute atomic E-state index is 13.3. The molecule has 0 bridgehead atoms. The highest BCUT2D eigenvalue weighted by Crippen LogP contribution is 2.35. The smallest absolute Gasteiger partial charge is 0.270 e. The fourth-order valence-electron chi connectivity index (χ4n) is 7.98. The molecule has 9 rings (SSSR count). The topological polar surface area (TPSA) is 190 Å². The second-order valence-corrected chi connectivity index (χ2v) is 14.3. The van der Waals surface area contributed by atoms with Crippen LogP contribution in [0.25, 0.3) is 44.7 Å². The summed E-state index contributed by atoms with van der Waals surface area (Å²) in [5, 5.41) is 11.7. The molecule has 1 unspecified atom stereocenters. The first-order valence-corrected chi connectivity index (χ1v) is 18.8. The van der Waals surface area contributed by atoms with E-state index >= 15 is 0 Å². The fraction of sp³-hybridized carbons (Fsp3) is 0.268. The summed E-state index contributed by atoms with van der Waals surface area (Å²) in [6, 6.07) is 16.1. The number of aryl methyl sites for hydroxylation is 2. The number of carbonyl (C=O) groups excluding carboxylic acids is 5. The van der Waals surface area contributed by atoms with E-state index in [2.05, 4.69) is 37.2 Å². The van der Waals surface area contributed by atoms with Crippen LogP contribution in [0.5, 0.6) is 0 Å². The third-order valence-corrected chi connectivity index (χ3v) is 11.0. The molecular weight excluding hydrogens is 727 g/mol. The highest BCUT2D eigenvalue weighted by Gasteiger charge is 2.40. The minimum atomic E-state index is -0.732. The molecule has 3 aliphatic rings. The molecule has 286 valence electrons. The second kappa shape index (κ2) is 14.2. The normalized spacial score (nSPS) is 16.5. The Labute approximate surface area is 325 Å². The Morgan fingerprint density at radius 3 is 2.56 bits per heavy atom. The zero-order chi connectivity index (χ0) is 39.4. The van der Waals surface area contributed by atoms with E-state index < -0.39 is 17.9 Å². The molecule has 5 amide bonds. The van der Waals surface area contributed by atoms with Crippen LogP contribution >= 0.6 is 0 Å². The van der Waals surface area contributed by atoms with E-state index in [0.29, 0.717) is 47.1 Å². The summed E-state index contributed by atoms with van der Waals surface area (Å²) in [6.07, 6.45) is 5.58. The molecular formula is C41H37N11O5. The SMILES string of the molecule is CCc1nc(-c2cccc3cc(-c4ccc(C(=O)NCc5nc(-c6cccc7c6CN(C6CCC(=O)NC6=O)C7=O)nn5C)nc4)ncc23)c2n1CCN(C=O)C2. The van der Waals surface area contributed by atoms with Crippen LogP contribution in [-0.4, -0.2) is 86.7 Å². The summed E-state index contributed by atoms with van der Waals surface area (Å²) in [4.78, 5) is 84.5. The van der Waals surface area contributed by atoms with Gasteiger partial charge in [-0.05, 0) is 41.6 Å². The summed E-state index contributed by atoms with van der Waals surface area (Å²) < 4.78 is 3.80. The van der Waals surface area contributed by atoms with Crippen molar-refractivity contribution in [2.45, 2.75) is 58.4 Å². The Bertz CT molecular complexity index is 2650. The molecule has 16 nitrogen and oxygen atoms in total. The minimum absolute atomic E-state index is 0.0730. The Balaban J connectivity index is 0.889. The third-order valence-electron chi connectivity index (χ3n) is 11.0. The van der Waals surface area contributed by atoms with Gasteiger partial charge in [0.1, 0.15) is 23.4 Å². The molecule has 2 aromatic carbocycles. The first kappa shape index (κ1) is 35.6. The van der Waals surface area contributed by atoms with Gasteiger partial charge in [0, 0.05) is 79.6 Å². The van der Waals surface area contributed by atoms with E-state index in [1.165, 1.54) is 4.90 Å². The van der Waals surface area contributed by atoms with Gasteiger partial charge >= 0.3 is 0 Å². The lowest BCUT2D eigenvalue weighted by Gasteiger charge is -2.29. The molecule has 0 radical (unpaired) electrons. The molecule has 2 N–H and O–H groups in total. The van der Waals surface area contributed by atoms with Crippen molar-refractivity contribution < 1.29 is 24.0 Å². The number of imidazole rings is 1. The number of aromatic nitrogens is 7. The van der Waals surface area contributed by atoms with Gasteiger partial charge in [-0.3, -0.25) is 43.9 Å². The van der Waals surface area contributed by atoms with Crippen LogP contribution in [0.2, 0.25) is 0 Å². The van der Waals surface area contributed by atoms with Crippen molar-refractivity contribution in [1.29, 1.82) is 0 Å². The number of rotatable bonds is 9. The molecule has 1 fully saturated rings. The Morgan fingerprint density at radius 2 is 1.77 bits per heavy atom. The zero-order valence-corrected chi connectivity index (χ0v) is 31.2. The quantitative estimate of drug-likeness (QED) is 0.163. The van der Waals surface area contributed by atoms with E-state index in [0.717, 1.165) is 58.5 Å². The van der Waals surface area contributed by atoms with Crippen molar-refractivity contribution in [2.24, 2.45) is 7.05 Å². The summed E-state index contributed by atoms with van der Waals surface area (Å²) in [5.74, 6) is 0.379. The number of amides is 5. The molecule has 1 atom stereocenters. The standard InChI is InChI=1S/C41H37N11O5/c1-3-34-45-37(33-21-50(22-53)14-15-51(33)34)25-7-4-6-23-16-31(43-18-28(23)25)24-10-11-30(42-17-24)39(55)44-19-35-46-38(48-49(35)2)26-8-5-9-27-29(26)20-52(41(27)57)32-12-13-36(54)47-40(32)56/h4-11,16-18,22,32H,3,12-15,19-21H2,1-2H3,(H,44,55)(H,47,54,56). The largest absolute Gasteiger partial charge is 0.343 e.